The monoisotopic (exact) mass is 474 g/mol. The summed E-state index contributed by atoms with van der Waals surface area (Å²) in [6, 6.07) is 0. The third-order valence-electron chi connectivity index (χ3n) is 8.11. The van der Waals surface area contributed by atoms with E-state index in [1.165, 1.54) is 4.57 Å². The number of nitrogens with zero attached hydrogens (tertiary/aromatic N) is 3. The zero-order valence-corrected chi connectivity index (χ0v) is 20.9. The summed E-state index contributed by atoms with van der Waals surface area (Å²) in [5.74, 6) is -0.0138. The lowest BCUT2D eigenvalue weighted by atomic mass is 9.53. The van der Waals surface area contributed by atoms with Crippen LogP contribution in [-0.4, -0.2) is 43.4 Å². The highest BCUT2D eigenvalue weighted by Crippen LogP contribution is 2.57. The first-order chi connectivity index (χ1) is 16.1. The average Bonchev–Trinajstić information content (AvgIpc) is 3.27. The van der Waals surface area contributed by atoms with Crippen LogP contribution in [0.3, 0.4) is 0 Å². The van der Waals surface area contributed by atoms with Crippen molar-refractivity contribution in [1.82, 2.24) is 19.1 Å². The van der Waals surface area contributed by atoms with Gasteiger partial charge in [-0.2, -0.15) is 0 Å². The van der Waals surface area contributed by atoms with E-state index < -0.39 is 11.4 Å². The molecule has 3 aliphatic carbocycles. The summed E-state index contributed by atoms with van der Waals surface area (Å²) in [5, 5.41) is 9.33. The van der Waals surface area contributed by atoms with E-state index in [0.29, 0.717) is 37.3 Å². The molecule has 5 rings (SSSR count). The molecule has 3 fully saturated rings. The maximum Gasteiger partial charge on any atom is 0.332 e. The van der Waals surface area contributed by atoms with Gasteiger partial charge < -0.3 is 14.8 Å². The van der Waals surface area contributed by atoms with E-state index in [-0.39, 0.29) is 28.7 Å². The van der Waals surface area contributed by atoms with Gasteiger partial charge in [-0.15, -0.1) is 0 Å². The number of hydrogen-bond donors (Lipinski definition) is 2. The second-order valence-electron chi connectivity index (χ2n) is 11.1. The average molecular weight is 475 g/mol. The number of fused-ring (bicyclic) bond motifs is 4. The maximum atomic E-state index is 13.1. The normalized spacial score (nSPS) is 24.7. The molecule has 0 unspecified atom stereocenters. The van der Waals surface area contributed by atoms with Gasteiger partial charge in [0.2, 0.25) is 0 Å². The number of H-pyrrole nitrogens is 1. The summed E-state index contributed by atoms with van der Waals surface area (Å²) in [6.45, 7) is 9.07. The van der Waals surface area contributed by atoms with E-state index in [0.717, 1.165) is 50.8 Å². The molecule has 2 bridgehead atoms. The Balaban J connectivity index is 1.58. The SMILES string of the molecule is CCCn1c(=O)c2[nH]c(C34CCC(COCC(C)(C)C(=O)O)(CC3)CC4)nc2n(CCC)c1=O. The molecule has 188 valence electrons. The van der Waals surface area contributed by atoms with E-state index in [1.54, 1.807) is 18.4 Å². The highest BCUT2D eigenvalue weighted by Gasteiger charge is 2.51. The molecule has 2 N–H and O–H groups in total. The first kappa shape index (κ1) is 24.7. The van der Waals surface area contributed by atoms with Crippen LogP contribution in [0, 0.1) is 10.8 Å². The third-order valence-corrected chi connectivity index (χ3v) is 8.11. The van der Waals surface area contributed by atoms with Gasteiger partial charge in [-0.05, 0) is 70.6 Å². The van der Waals surface area contributed by atoms with Crippen LogP contribution in [0.1, 0.15) is 84.9 Å². The largest absolute Gasteiger partial charge is 0.481 e. The fraction of sp³-hybridized carbons (Fsp3) is 0.760. The van der Waals surface area contributed by atoms with Crippen molar-refractivity contribution < 1.29 is 14.6 Å². The smallest absolute Gasteiger partial charge is 0.332 e. The Hall–Kier alpha value is -2.42. The minimum Gasteiger partial charge on any atom is -0.481 e. The molecule has 34 heavy (non-hydrogen) atoms. The highest BCUT2D eigenvalue weighted by atomic mass is 16.5. The number of aromatic nitrogens is 4. The lowest BCUT2D eigenvalue weighted by molar-refractivity contribution is -0.152. The predicted molar refractivity (Wildman–Crippen MR) is 129 cm³/mol. The molecular formula is C25H38N4O5. The molecule has 9 nitrogen and oxygen atoms in total. The molecule has 2 aromatic heterocycles. The Bertz CT molecular complexity index is 1160. The van der Waals surface area contributed by atoms with Crippen molar-refractivity contribution in [2.24, 2.45) is 10.8 Å². The van der Waals surface area contributed by atoms with Gasteiger partial charge in [0, 0.05) is 18.5 Å². The number of carbonyl (C=O) groups is 1. The third kappa shape index (κ3) is 4.12. The van der Waals surface area contributed by atoms with Gasteiger partial charge in [0.1, 0.15) is 11.3 Å². The van der Waals surface area contributed by atoms with Crippen molar-refractivity contribution in [3.05, 3.63) is 26.7 Å². The van der Waals surface area contributed by atoms with E-state index in [1.807, 2.05) is 13.8 Å². The summed E-state index contributed by atoms with van der Waals surface area (Å²) in [5.41, 5.74) is -0.555. The van der Waals surface area contributed by atoms with Crippen LogP contribution in [0.25, 0.3) is 11.2 Å². The summed E-state index contributed by atoms with van der Waals surface area (Å²) in [4.78, 5) is 45.7. The summed E-state index contributed by atoms with van der Waals surface area (Å²) in [7, 11) is 0. The van der Waals surface area contributed by atoms with Gasteiger partial charge in [0.15, 0.2) is 5.65 Å². The molecule has 2 aromatic rings. The molecule has 0 aromatic carbocycles. The lowest BCUT2D eigenvalue weighted by Crippen LogP contribution is -2.47. The summed E-state index contributed by atoms with van der Waals surface area (Å²) >= 11 is 0. The number of hydrogen-bond acceptors (Lipinski definition) is 5. The number of aryl methyl sites for hydroxylation is 1. The first-order valence-corrected chi connectivity index (χ1v) is 12.6. The number of carboxylic acid groups (broad SMARTS) is 1. The first-order valence-electron chi connectivity index (χ1n) is 12.6. The molecule has 0 radical (unpaired) electrons. The van der Waals surface area contributed by atoms with E-state index >= 15 is 0 Å². The van der Waals surface area contributed by atoms with Crippen molar-refractivity contribution in [2.75, 3.05) is 13.2 Å². The number of rotatable bonds is 10. The number of nitrogens with one attached hydrogen (secondary N) is 1. The van der Waals surface area contributed by atoms with Crippen LogP contribution in [0.15, 0.2) is 9.59 Å². The van der Waals surface area contributed by atoms with Crippen LogP contribution >= 0.6 is 0 Å². The summed E-state index contributed by atoms with van der Waals surface area (Å²) < 4.78 is 8.91. The highest BCUT2D eigenvalue weighted by molar-refractivity contribution is 5.73. The molecular weight excluding hydrogens is 436 g/mol. The standard InChI is InChI=1S/C25H38N4O5/c1-5-13-28-18-17(19(30)29(14-6-2)22(28)33)26-20(27-18)25-10-7-24(8-11-25,9-12-25)16-34-15-23(3,4)21(31)32/h5-16H2,1-4H3,(H,26,27)(H,31,32). The predicted octanol–water partition coefficient (Wildman–Crippen LogP) is 3.43. The Morgan fingerprint density at radius 2 is 1.65 bits per heavy atom. The molecule has 3 aliphatic rings. The van der Waals surface area contributed by atoms with E-state index in [2.05, 4.69) is 4.98 Å². The number of aromatic amines is 1. The number of imidazole rings is 1. The number of carboxylic acids is 1. The molecule has 2 heterocycles. The number of aliphatic carboxylic acids is 1. The zero-order chi connectivity index (χ0) is 24.7. The van der Waals surface area contributed by atoms with Gasteiger partial charge >= 0.3 is 11.7 Å². The number of ether oxygens (including phenoxy) is 1. The van der Waals surface area contributed by atoms with E-state index in [4.69, 9.17) is 9.72 Å². The topological polar surface area (TPSA) is 119 Å². The van der Waals surface area contributed by atoms with Crippen LogP contribution in [-0.2, 0) is 28.0 Å². The fourth-order valence-corrected chi connectivity index (χ4v) is 5.68. The second kappa shape index (κ2) is 8.98. The Morgan fingerprint density at radius 3 is 2.21 bits per heavy atom. The van der Waals surface area contributed by atoms with Crippen molar-refractivity contribution in [1.29, 1.82) is 0 Å². The maximum absolute atomic E-state index is 13.1. The van der Waals surface area contributed by atoms with Gasteiger partial charge in [0.25, 0.3) is 5.56 Å². The van der Waals surface area contributed by atoms with Gasteiger partial charge in [-0.25, -0.2) is 9.78 Å². The Kier molecular flexibility index (Phi) is 6.52. The minimum absolute atomic E-state index is 0.0838. The van der Waals surface area contributed by atoms with Crippen LogP contribution in [0.4, 0.5) is 0 Å². The fourth-order valence-electron chi connectivity index (χ4n) is 5.68. The molecule has 0 amide bonds. The van der Waals surface area contributed by atoms with Crippen molar-refractivity contribution in [2.45, 2.75) is 97.6 Å². The molecule has 9 heteroatoms. The molecule has 3 saturated carbocycles. The zero-order valence-electron chi connectivity index (χ0n) is 20.9. The second-order valence-corrected chi connectivity index (χ2v) is 11.1. The lowest BCUT2D eigenvalue weighted by Gasteiger charge is -2.52. The molecule has 0 spiro atoms. The Labute approximate surface area is 199 Å². The minimum atomic E-state index is -0.892. The van der Waals surface area contributed by atoms with Crippen LogP contribution < -0.4 is 11.2 Å². The van der Waals surface area contributed by atoms with Crippen molar-refractivity contribution >= 4 is 17.1 Å². The Morgan fingerprint density at radius 1 is 1.06 bits per heavy atom. The van der Waals surface area contributed by atoms with Crippen LogP contribution in [0.2, 0.25) is 0 Å². The van der Waals surface area contributed by atoms with Gasteiger partial charge in [-0.1, -0.05) is 13.8 Å². The molecule has 0 atom stereocenters. The van der Waals surface area contributed by atoms with Crippen molar-refractivity contribution in [3.8, 4) is 0 Å². The van der Waals surface area contributed by atoms with Crippen LogP contribution in [0.5, 0.6) is 0 Å². The summed E-state index contributed by atoms with van der Waals surface area (Å²) in [6.07, 6.45) is 7.29. The quantitative estimate of drug-likeness (QED) is 0.544. The van der Waals surface area contributed by atoms with Gasteiger partial charge in [0.05, 0.1) is 18.6 Å². The molecule has 0 aliphatic heterocycles. The van der Waals surface area contributed by atoms with Gasteiger partial charge in [-0.3, -0.25) is 18.7 Å². The van der Waals surface area contributed by atoms with Crippen molar-refractivity contribution in [3.63, 3.8) is 0 Å². The van der Waals surface area contributed by atoms with E-state index in [9.17, 15) is 19.5 Å². The molecule has 0 saturated heterocycles.